The van der Waals surface area contributed by atoms with Crippen molar-refractivity contribution in [3.63, 3.8) is 0 Å². The second kappa shape index (κ2) is 8.37. The fourth-order valence-electron chi connectivity index (χ4n) is 3.81. The van der Waals surface area contributed by atoms with Gasteiger partial charge in [0.2, 0.25) is 0 Å². The molecule has 144 valence electrons. The van der Waals surface area contributed by atoms with Gasteiger partial charge >= 0.3 is 0 Å². The predicted octanol–water partition coefficient (Wildman–Crippen LogP) is 1.05. The summed E-state index contributed by atoms with van der Waals surface area (Å²) in [6.45, 7) is 4.36. The summed E-state index contributed by atoms with van der Waals surface area (Å²) in [6.07, 6.45) is 1.98. The van der Waals surface area contributed by atoms with Crippen LogP contribution in [-0.4, -0.2) is 90.8 Å². The van der Waals surface area contributed by atoms with Crippen molar-refractivity contribution in [2.45, 2.75) is 30.9 Å². The average Bonchev–Trinajstić information content (AvgIpc) is 3.14. The number of rotatable bonds is 6. The lowest BCUT2D eigenvalue weighted by atomic mass is 9.90. The first-order chi connectivity index (χ1) is 12.5. The Bertz CT molecular complexity index is 585. The van der Waals surface area contributed by atoms with Crippen molar-refractivity contribution in [1.29, 1.82) is 0 Å². The number of hydrogen-bond donors (Lipinski definition) is 1. The molecule has 6 nitrogen and oxygen atoms in total. The molecule has 1 N–H and O–H groups in total. The molecule has 2 saturated heterocycles. The highest BCUT2D eigenvalue weighted by Gasteiger charge is 2.43. The highest BCUT2D eigenvalue weighted by molar-refractivity contribution is 5.85. The first-order valence-electron chi connectivity index (χ1n) is 9.56. The minimum Gasteiger partial charge on any atom is -0.492 e. The van der Waals surface area contributed by atoms with Crippen molar-refractivity contribution in [3.8, 4) is 5.75 Å². The number of carbonyl (C=O) groups excluding carboxylic acids is 1. The zero-order chi connectivity index (χ0) is 18.6. The summed E-state index contributed by atoms with van der Waals surface area (Å²) in [6, 6.07) is 10.2. The van der Waals surface area contributed by atoms with Gasteiger partial charge < -0.3 is 19.6 Å². The molecule has 6 heteroatoms. The number of para-hydroxylation sites is 1. The number of likely N-dealkylation sites (N-methyl/N-ethyl adjacent to an activating group) is 1. The van der Waals surface area contributed by atoms with E-state index >= 15 is 0 Å². The number of amides is 1. The van der Waals surface area contributed by atoms with Crippen LogP contribution in [0, 0.1) is 0 Å². The molecule has 2 aliphatic heterocycles. The molecule has 1 unspecified atom stereocenters. The van der Waals surface area contributed by atoms with Crippen molar-refractivity contribution < 1.29 is 14.6 Å². The molecule has 0 bridgehead atoms. The SMILES string of the molecule is CN(C)C1CCN(C(=O)C2(O)CCN(CCOc3ccccc3)CC2)C1. The van der Waals surface area contributed by atoms with E-state index in [4.69, 9.17) is 4.74 Å². The monoisotopic (exact) mass is 361 g/mol. The van der Waals surface area contributed by atoms with Gasteiger partial charge in [-0.1, -0.05) is 18.2 Å². The van der Waals surface area contributed by atoms with Crippen LogP contribution in [0.1, 0.15) is 19.3 Å². The second-order valence-electron chi connectivity index (χ2n) is 7.69. The van der Waals surface area contributed by atoms with Crippen LogP contribution in [0.4, 0.5) is 0 Å². The van der Waals surface area contributed by atoms with Gasteiger partial charge in [0.15, 0.2) is 0 Å². The van der Waals surface area contributed by atoms with Gasteiger partial charge in [-0.25, -0.2) is 0 Å². The van der Waals surface area contributed by atoms with E-state index in [1.165, 1.54) is 0 Å². The third-order valence-electron chi connectivity index (χ3n) is 5.68. The summed E-state index contributed by atoms with van der Waals surface area (Å²) in [5, 5.41) is 10.9. The Hall–Kier alpha value is -1.63. The molecule has 3 rings (SSSR count). The molecule has 1 aromatic rings. The molecule has 2 fully saturated rings. The Morgan fingerprint density at radius 3 is 2.54 bits per heavy atom. The normalized spacial score (nSPS) is 23.4. The van der Waals surface area contributed by atoms with Crippen LogP contribution < -0.4 is 4.74 Å². The van der Waals surface area contributed by atoms with E-state index in [-0.39, 0.29) is 5.91 Å². The Morgan fingerprint density at radius 2 is 1.92 bits per heavy atom. The van der Waals surface area contributed by atoms with Crippen molar-refractivity contribution in [3.05, 3.63) is 30.3 Å². The fourth-order valence-corrected chi connectivity index (χ4v) is 3.81. The highest BCUT2D eigenvalue weighted by Crippen LogP contribution is 2.27. The van der Waals surface area contributed by atoms with Crippen molar-refractivity contribution in [1.82, 2.24) is 14.7 Å². The van der Waals surface area contributed by atoms with Crippen molar-refractivity contribution in [2.24, 2.45) is 0 Å². The maximum atomic E-state index is 12.8. The molecule has 0 aliphatic carbocycles. The van der Waals surface area contributed by atoms with Gasteiger partial charge in [0.1, 0.15) is 18.0 Å². The molecule has 26 heavy (non-hydrogen) atoms. The van der Waals surface area contributed by atoms with Gasteiger partial charge in [-0.2, -0.15) is 0 Å². The number of benzene rings is 1. The second-order valence-corrected chi connectivity index (χ2v) is 7.69. The number of nitrogens with zero attached hydrogens (tertiary/aromatic N) is 3. The summed E-state index contributed by atoms with van der Waals surface area (Å²) in [5.74, 6) is 0.794. The standard InChI is InChI=1S/C20H31N3O3/c1-21(2)17-8-11-23(16-17)19(24)20(25)9-12-22(13-10-20)14-15-26-18-6-4-3-5-7-18/h3-7,17,25H,8-16H2,1-2H3. The van der Waals surface area contributed by atoms with Gasteiger partial charge in [-0.3, -0.25) is 9.69 Å². The quantitative estimate of drug-likeness (QED) is 0.821. The molecule has 1 amide bonds. The zero-order valence-electron chi connectivity index (χ0n) is 15.9. The van der Waals surface area contributed by atoms with E-state index < -0.39 is 5.60 Å². The smallest absolute Gasteiger partial charge is 0.254 e. The van der Waals surface area contributed by atoms with Crippen LogP contribution in [0.15, 0.2) is 30.3 Å². The van der Waals surface area contributed by atoms with Gasteiger partial charge in [-0.05, 0) is 45.5 Å². The van der Waals surface area contributed by atoms with Crippen LogP contribution >= 0.6 is 0 Å². The maximum Gasteiger partial charge on any atom is 0.254 e. The van der Waals surface area contributed by atoms with Crippen LogP contribution in [0.2, 0.25) is 0 Å². The molecule has 0 saturated carbocycles. The van der Waals surface area contributed by atoms with Gasteiger partial charge in [0.05, 0.1) is 0 Å². The molecule has 1 atom stereocenters. The average molecular weight is 361 g/mol. The number of hydrogen-bond acceptors (Lipinski definition) is 5. The van der Waals surface area contributed by atoms with Crippen LogP contribution in [0.3, 0.4) is 0 Å². The van der Waals surface area contributed by atoms with E-state index in [0.717, 1.165) is 44.9 Å². The Labute approximate surface area is 156 Å². The van der Waals surface area contributed by atoms with E-state index in [1.807, 2.05) is 49.3 Å². The van der Waals surface area contributed by atoms with E-state index in [0.29, 0.717) is 25.5 Å². The van der Waals surface area contributed by atoms with Crippen molar-refractivity contribution in [2.75, 3.05) is 53.4 Å². The molecule has 0 spiro atoms. The van der Waals surface area contributed by atoms with E-state index in [9.17, 15) is 9.90 Å². The molecule has 0 radical (unpaired) electrons. The van der Waals surface area contributed by atoms with E-state index in [2.05, 4.69) is 9.80 Å². The Balaban J connectivity index is 1.42. The topological polar surface area (TPSA) is 56.2 Å². The minimum atomic E-state index is -1.20. The van der Waals surface area contributed by atoms with Gasteiger partial charge in [0, 0.05) is 38.8 Å². The van der Waals surface area contributed by atoms with Gasteiger partial charge in [0.25, 0.3) is 5.91 Å². The summed E-state index contributed by atoms with van der Waals surface area (Å²) < 4.78 is 5.74. The summed E-state index contributed by atoms with van der Waals surface area (Å²) in [7, 11) is 4.09. The number of likely N-dealkylation sites (tertiary alicyclic amines) is 2. The molecule has 1 aromatic carbocycles. The number of piperidine rings is 1. The molecular formula is C20H31N3O3. The third-order valence-corrected chi connectivity index (χ3v) is 5.68. The molecule has 0 aromatic heterocycles. The number of ether oxygens (including phenoxy) is 1. The van der Waals surface area contributed by atoms with Gasteiger partial charge in [-0.15, -0.1) is 0 Å². The van der Waals surface area contributed by atoms with Crippen LogP contribution in [0.5, 0.6) is 5.75 Å². The summed E-state index contributed by atoms with van der Waals surface area (Å²) in [4.78, 5) is 19.1. The zero-order valence-corrected chi connectivity index (χ0v) is 15.9. The third kappa shape index (κ3) is 4.55. The molecular weight excluding hydrogens is 330 g/mol. The lowest BCUT2D eigenvalue weighted by Gasteiger charge is -2.39. The number of carbonyl (C=O) groups is 1. The molecule has 2 heterocycles. The first kappa shape index (κ1) is 19.1. The predicted molar refractivity (Wildman–Crippen MR) is 101 cm³/mol. The Morgan fingerprint density at radius 1 is 1.23 bits per heavy atom. The fraction of sp³-hybridized carbons (Fsp3) is 0.650. The maximum absolute atomic E-state index is 12.8. The lowest BCUT2D eigenvalue weighted by Crippen LogP contribution is -2.55. The largest absolute Gasteiger partial charge is 0.492 e. The van der Waals surface area contributed by atoms with Crippen LogP contribution in [-0.2, 0) is 4.79 Å². The highest BCUT2D eigenvalue weighted by atomic mass is 16.5. The Kier molecular flexibility index (Phi) is 6.16. The summed E-state index contributed by atoms with van der Waals surface area (Å²) in [5.41, 5.74) is -1.20. The number of aliphatic hydroxyl groups is 1. The summed E-state index contributed by atoms with van der Waals surface area (Å²) >= 11 is 0. The van der Waals surface area contributed by atoms with Crippen molar-refractivity contribution >= 4 is 5.91 Å². The first-order valence-corrected chi connectivity index (χ1v) is 9.56. The molecule has 2 aliphatic rings. The lowest BCUT2D eigenvalue weighted by molar-refractivity contribution is -0.155. The minimum absolute atomic E-state index is 0.0814. The van der Waals surface area contributed by atoms with E-state index in [1.54, 1.807) is 0 Å². The van der Waals surface area contributed by atoms with Crippen LogP contribution in [0.25, 0.3) is 0 Å².